The summed E-state index contributed by atoms with van der Waals surface area (Å²) in [5.41, 5.74) is 1.86. The Labute approximate surface area is 174 Å². The summed E-state index contributed by atoms with van der Waals surface area (Å²) in [6.45, 7) is 2.70. The van der Waals surface area contributed by atoms with Crippen LogP contribution in [0.1, 0.15) is 5.56 Å². The normalized spacial score (nSPS) is 17.6. The Hall–Kier alpha value is -3.81. The number of ether oxygens (including phenoxy) is 2. The largest absolute Gasteiger partial charge is 0.497 e. The molecule has 154 valence electrons. The van der Waals surface area contributed by atoms with Gasteiger partial charge < -0.3 is 24.6 Å². The molecular weight excluding hydrogens is 382 g/mol. The molecule has 2 aromatic carbocycles. The van der Waals surface area contributed by atoms with Crippen LogP contribution in [-0.4, -0.2) is 60.9 Å². The third kappa shape index (κ3) is 4.43. The number of esters is 1. The fourth-order valence-electron chi connectivity index (χ4n) is 3.26. The minimum absolute atomic E-state index is 0.276. The molecule has 0 atom stereocenters. The molecule has 2 N–H and O–H groups in total. The third-order valence-electron chi connectivity index (χ3n) is 4.91. The third-order valence-corrected chi connectivity index (χ3v) is 4.91. The number of methoxy groups -OCH3 is 1. The van der Waals surface area contributed by atoms with E-state index in [1.807, 2.05) is 58.3 Å². The predicted molar refractivity (Wildman–Crippen MR) is 115 cm³/mol. The number of carbonyl (C=O) groups excluding carboxylic acids is 1. The number of hydrogen-bond donors (Lipinski definition) is 2. The maximum Gasteiger partial charge on any atom is 0.365 e. The molecule has 2 aliphatic rings. The lowest BCUT2D eigenvalue weighted by Crippen LogP contribution is -2.48. The van der Waals surface area contributed by atoms with Crippen LogP contribution in [-0.2, 0) is 9.53 Å². The number of rotatable bonds is 4. The highest BCUT2D eigenvalue weighted by Crippen LogP contribution is 2.20. The molecule has 8 nitrogen and oxygen atoms in total. The van der Waals surface area contributed by atoms with Crippen molar-refractivity contribution in [3.63, 3.8) is 0 Å². The summed E-state index contributed by atoms with van der Waals surface area (Å²) >= 11 is 0. The van der Waals surface area contributed by atoms with E-state index in [1.54, 1.807) is 19.4 Å². The zero-order valence-corrected chi connectivity index (χ0v) is 16.7. The molecular formula is C22H23N5O3. The highest BCUT2D eigenvalue weighted by molar-refractivity contribution is 6.11. The van der Waals surface area contributed by atoms with Crippen molar-refractivity contribution < 1.29 is 14.3 Å². The van der Waals surface area contributed by atoms with Gasteiger partial charge in [0.15, 0.2) is 11.7 Å². The summed E-state index contributed by atoms with van der Waals surface area (Å²) in [5, 5.41) is 11.4. The molecule has 0 aliphatic carbocycles. The van der Waals surface area contributed by atoms with E-state index in [0.29, 0.717) is 43.5 Å². The molecule has 0 aromatic heterocycles. The van der Waals surface area contributed by atoms with Gasteiger partial charge in [0.25, 0.3) is 0 Å². The number of aliphatic imine (C=N–C) groups is 1. The highest BCUT2D eigenvalue weighted by Gasteiger charge is 2.26. The lowest BCUT2D eigenvalue weighted by atomic mass is 10.2. The van der Waals surface area contributed by atoms with E-state index in [9.17, 15) is 4.79 Å². The molecule has 2 aromatic rings. The Bertz CT molecular complexity index is 995. The summed E-state index contributed by atoms with van der Waals surface area (Å²) < 4.78 is 10.5. The van der Waals surface area contributed by atoms with E-state index in [0.717, 1.165) is 5.69 Å². The molecule has 4 rings (SSSR count). The van der Waals surface area contributed by atoms with Crippen molar-refractivity contribution >= 4 is 23.5 Å². The summed E-state index contributed by atoms with van der Waals surface area (Å²) in [6.07, 6.45) is 1.74. The number of benzene rings is 2. The minimum Gasteiger partial charge on any atom is -0.497 e. The van der Waals surface area contributed by atoms with Crippen LogP contribution >= 0.6 is 0 Å². The van der Waals surface area contributed by atoms with Crippen molar-refractivity contribution in [1.82, 2.24) is 9.80 Å². The Balaban J connectivity index is 1.37. The fraction of sp³-hybridized carbons (Fsp3) is 0.227. The van der Waals surface area contributed by atoms with Crippen molar-refractivity contribution in [2.45, 2.75) is 0 Å². The van der Waals surface area contributed by atoms with Crippen LogP contribution in [0.25, 0.3) is 0 Å². The number of cyclic esters (lactones) is 1. The first-order valence-corrected chi connectivity index (χ1v) is 9.69. The first-order valence-electron chi connectivity index (χ1n) is 9.69. The smallest absolute Gasteiger partial charge is 0.365 e. The van der Waals surface area contributed by atoms with Crippen molar-refractivity contribution in [2.24, 2.45) is 4.99 Å². The van der Waals surface area contributed by atoms with E-state index >= 15 is 0 Å². The van der Waals surface area contributed by atoms with E-state index in [-0.39, 0.29) is 11.6 Å². The van der Waals surface area contributed by atoms with Gasteiger partial charge in [-0.25, -0.2) is 9.79 Å². The zero-order valence-electron chi connectivity index (χ0n) is 16.7. The van der Waals surface area contributed by atoms with Crippen LogP contribution in [0, 0.1) is 5.41 Å². The van der Waals surface area contributed by atoms with Gasteiger partial charge >= 0.3 is 5.97 Å². The van der Waals surface area contributed by atoms with Crippen molar-refractivity contribution in [1.29, 1.82) is 5.41 Å². The number of piperazine rings is 1. The Morgan fingerprint density at radius 3 is 2.63 bits per heavy atom. The first kappa shape index (κ1) is 19.5. The lowest BCUT2D eigenvalue weighted by Gasteiger charge is -2.35. The van der Waals surface area contributed by atoms with Gasteiger partial charge in [-0.3, -0.25) is 5.41 Å². The van der Waals surface area contributed by atoms with Crippen LogP contribution in [0.2, 0.25) is 0 Å². The van der Waals surface area contributed by atoms with Crippen LogP contribution in [0.15, 0.2) is 71.5 Å². The quantitative estimate of drug-likeness (QED) is 0.352. The number of nitrogens with one attached hydrogen (secondary N) is 2. The van der Waals surface area contributed by atoms with E-state index in [2.05, 4.69) is 10.3 Å². The average molecular weight is 405 g/mol. The topological polar surface area (TPSA) is 90.3 Å². The number of carbonyl (C=O) groups is 1. The Kier molecular flexibility index (Phi) is 5.65. The lowest BCUT2D eigenvalue weighted by molar-refractivity contribution is -0.130. The van der Waals surface area contributed by atoms with Crippen molar-refractivity contribution in [3.8, 4) is 5.75 Å². The van der Waals surface area contributed by atoms with E-state index < -0.39 is 5.97 Å². The molecule has 2 aliphatic heterocycles. The Morgan fingerprint density at radius 1 is 1.13 bits per heavy atom. The number of nitrogens with zero attached hydrogens (tertiary/aromatic N) is 3. The van der Waals surface area contributed by atoms with Crippen LogP contribution in [0.4, 0.5) is 5.69 Å². The molecule has 2 heterocycles. The van der Waals surface area contributed by atoms with Gasteiger partial charge in [-0.2, -0.15) is 0 Å². The monoisotopic (exact) mass is 405 g/mol. The predicted octanol–water partition coefficient (Wildman–Crippen LogP) is 2.50. The second kappa shape index (κ2) is 8.69. The second-order valence-corrected chi connectivity index (χ2v) is 6.92. The number of para-hydroxylation sites is 1. The van der Waals surface area contributed by atoms with Crippen molar-refractivity contribution in [3.05, 3.63) is 72.1 Å². The van der Waals surface area contributed by atoms with Gasteiger partial charge in [0, 0.05) is 43.6 Å². The van der Waals surface area contributed by atoms with Crippen LogP contribution in [0.3, 0.4) is 0 Å². The number of guanidine groups is 1. The number of hydrogen-bond acceptors (Lipinski definition) is 6. The molecule has 8 heteroatoms. The van der Waals surface area contributed by atoms with Crippen LogP contribution < -0.4 is 10.1 Å². The fourth-order valence-corrected chi connectivity index (χ4v) is 3.26. The molecule has 30 heavy (non-hydrogen) atoms. The average Bonchev–Trinajstić information content (AvgIpc) is 3.15. The molecule has 0 bridgehead atoms. The highest BCUT2D eigenvalue weighted by atomic mass is 16.6. The minimum atomic E-state index is -0.464. The maximum atomic E-state index is 12.2. The molecule has 1 saturated heterocycles. The summed E-state index contributed by atoms with van der Waals surface area (Å²) in [6, 6.07) is 16.9. The molecule has 0 spiro atoms. The van der Waals surface area contributed by atoms with Crippen molar-refractivity contribution in [2.75, 3.05) is 38.6 Å². The van der Waals surface area contributed by atoms with E-state index in [1.165, 1.54) is 0 Å². The van der Waals surface area contributed by atoms with E-state index in [4.69, 9.17) is 14.9 Å². The Morgan fingerprint density at radius 2 is 1.90 bits per heavy atom. The first-order chi connectivity index (χ1) is 14.6. The molecule has 0 saturated carbocycles. The molecule has 0 radical (unpaired) electrons. The van der Waals surface area contributed by atoms with Gasteiger partial charge in [0.05, 0.1) is 7.11 Å². The summed E-state index contributed by atoms with van der Waals surface area (Å²) in [7, 11) is 1.58. The standard InChI is InChI=1S/C22H23N5O3/c1-29-18-9-5-6-16(14-18)20-25-19(21(28)30-20)15-26-10-12-27(13-11-26)22(23)24-17-7-3-2-4-8-17/h2-9,14-15H,10-13H2,1H3,(H2,23,24)/b19-15+. The van der Waals surface area contributed by atoms with Gasteiger partial charge in [-0.05, 0) is 30.3 Å². The summed E-state index contributed by atoms with van der Waals surface area (Å²) in [4.78, 5) is 20.6. The van der Waals surface area contributed by atoms with Gasteiger partial charge in [0.1, 0.15) is 5.75 Å². The molecule has 0 amide bonds. The van der Waals surface area contributed by atoms with Gasteiger partial charge in [-0.1, -0.05) is 24.3 Å². The number of anilines is 1. The van der Waals surface area contributed by atoms with Gasteiger partial charge in [0.2, 0.25) is 5.90 Å². The van der Waals surface area contributed by atoms with Crippen LogP contribution in [0.5, 0.6) is 5.75 Å². The zero-order chi connectivity index (χ0) is 20.9. The maximum absolute atomic E-state index is 12.2. The second-order valence-electron chi connectivity index (χ2n) is 6.92. The summed E-state index contributed by atoms with van der Waals surface area (Å²) in [5.74, 6) is 0.852. The van der Waals surface area contributed by atoms with Gasteiger partial charge in [-0.15, -0.1) is 0 Å². The molecule has 1 fully saturated rings. The molecule has 0 unspecified atom stereocenters. The SMILES string of the molecule is COc1cccc(C2=N/C(=C/N3CCN(C(=N)Nc4ccccc4)CC3)C(=O)O2)c1.